The van der Waals surface area contributed by atoms with Crippen molar-refractivity contribution in [3.63, 3.8) is 0 Å². The fourth-order valence-electron chi connectivity index (χ4n) is 2.96. The average Bonchev–Trinajstić information content (AvgIpc) is 2.97. The van der Waals surface area contributed by atoms with Crippen molar-refractivity contribution in [2.75, 3.05) is 24.5 Å². The van der Waals surface area contributed by atoms with Gasteiger partial charge in [0.25, 0.3) is 5.91 Å². The zero-order valence-electron chi connectivity index (χ0n) is 11.7. The number of aromatic nitrogens is 1. The summed E-state index contributed by atoms with van der Waals surface area (Å²) >= 11 is 1.44. The number of ether oxygens (including phenoxy) is 1. The summed E-state index contributed by atoms with van der Waals surface area (Å²) in [7, 11) is 0. The summed E-state index contributed by atoms with van der Waals surface area (Å²) in [5.41, 5.74) is 1.23. The van der Waals surface area contributed by atoms with E-state index in [0.29, 0.717) is 38.3 Å². The molecule has 0 aromatic carbocycles. The summed E-state index contributed by atoms with van der Waals surface area (Å²) < 4.78 is 5.95. The van der Waals surface area contributed by atoms with Gasteiger partial charge in [-0.25, -0.2) is 9.78 Å². The van der Waals surface area contributed by atoms with Gasteiger partial charge in [-0.15, -0.1) is 11.3 Å². The molecule has 2 fully saturated rings. The van der Waals surface area contributed by atoms with Crippen LogP contribution in [0.5, 0.6) is 0 Å². The lowest BCUT2D eigenvalue weighted by molar-refractivity contribution is -0.160. The van der Waals surface area contributed by atoms with Crippen molar-refractivity contribution in [1.29, 1.82) is 0 Å². The minimum Gasteiger partial charge on any atom is -0.465 e. The molecule has 1 atom stereocenters. The first-order valence-corrected chi connectivity index (χ1v) is 7.80. The smallest absolute Gasteiger partial charge is 0.407 e. The number of hydrogen-bond donors (Lipinski definition) is 1. The second-order valence-electron chi connectivity index (χ2n) is 5.48. The van der Waals surface area contributed by atoms with Crippen LogP contribution in [0.4, 0.5) is 10.6 Å². The van der Waals surface area contributed by atoms with Crippen molar-refractivity contribution in [2.24, 2.45) is 0 Å². The summed E-state index contributed by atoms with van der Waals surface area (Å²) in [5, 5.41) is 10.9. The molecule has 3 heterocycles. The molecule has 0 bridgehead atoms. The molecule has 2 saturated heterocycles. The van der Waals surface area contributed by atoms with Crippen molar-refractivity contribution >= 4 is 29.2 Å². The van der Waals surface area contributed by atoms with Crippen molar-refractivity contribution in [1.82, 2.24) is 9.88 Å². The minimum atomic E-state index is -0.902. The Balaban J connectivity index is 1.78. The first kappa shape index (κ1) is 14.3. The second-order valence-corrected chi connectivity index (χ2v) is 6.20. The molecule has 1 aromatic rings. The first-order valence-electron chi connectivity index (χ1n) is 6.86. The fourth-order valence-corrected chi connectivity index (χ4v) is 3.50. The topological polar surface area (TPSA) is 83.0 Å². The zero-order chi connectivity index (χ0) is 15.0. The Kier molecular flexibility index (Phi) is 3.58. The van der Waals surface area contributed by atoms with E-state index in [-0.39, 0.29) is 5.91 Å². The van der Waals surface area contributed by atoms with Crippen LogP contribution in [0.15, 0.2) is 10.9 Å². The highest BCUT2D eigenvalue weighted by atomic mass is 32.1. The van der Waals surface area contributed by atoms with E-state index in [4.69, 9.17) is 9.84 Å². The van der Waals surface area contributed by atoms with Gasteiger partial charge in [0, 0.05) is 18.5 Å². The van der Waals surface area contributed by atoms with E-state index in [1.165, 1.54) is 16.2 Å². The standard InChI is InChI=1S/C13H17N3O4S/c1-9-11(17)16(10-6-21-8-14-10)7-13(20-9)2-4-15(5-3-13)12(18)19/h6,8-9H,2-5,7H2,1H3,(H,18,19). The van der Waals surface area contributed by atoms with Gasteiger partial charge >= 0.3 is 6.09 Å². The van der Waals surface area contributed by atoms with Crippen molar-refractivity contribution in [3.8, 4) is 0 Å². The molecule has 1 unspecified atom stereocenters. The predicted molar refractivity (Wildman–Crippen MR) is 76.6 cm³/mol. The van der Waals surface area contributed by atoms with Gasteiger partial charge in [-0.1, -0.05) is 0 Å². The van der Waals surface area contributed by atoms with E-state index in [2.05, 4.69) is 4.98 Å². The summed E-state index contributed by atoms with van der Waals surface area (Å²) in [5.74, 6) is 0.562. The Morgan fingerprint density at radius 1 is 1.52 bits per heavy atom. The molecular formula is C13H17N3O4S. The Morgan fingerprint density at radius 2 is 2.24 bits per heavy atom. The SMILES string of the molecule is CC1OC2(CCN(C(=O)O)CC2)CN(c2cscn2)C1=O. The Morgan fingerprint density at radius 3 is 2.81 bits per heavy atom. The van der Waals surface area contributed by atoms with E-state index in [1.54, 1.807) is 17.3 Å². The number of rotatable bonds is 1. The van der Waals surface area contributed by atoms with Crippen LogP contribution in [0.1, 0.15) is 19.8 Å². The van der Waals surface area contributed by atoms with Gasteiger partial charge in [-0.05, 0) is 19.8 Å². The molecule has 7 nitrogen and oxygen atoms in total. The maximum atomic E-state index is 12.3. The van der Waals surface area contributed by atoms with Crippen LogP contribution in [-0.4, -0.2) is 58.3 Å². The van der Waals surface area contributed by atoms with Crippen LogP contribution in [0.25, 0.3) is 0 Å². The number of thiazole rings is 1. The summed E-state index contributed by atoms with van der Waals surface area (Å²) in [4.78, 5) is 30.6. The predicted octanol–water partition coefficient (Wildman–Crippen LogP) is 1.41. The number of carboxylic acid groups (broad SMARTS) is 1. The van der Waals surface area contributed by atoms with Gasteiger partial charge in [0.15, 0.2) is 0 Å². The Labute approximate surface area is 126 Å². The van der Waals surface area contributed by atoms with E-state index >= 15 is 0 Å². The lowest BCUT2D eigenvalue weighted by atomic mass is 9.88. The van der Waals surface area contributed by atoms with Gasteiger partial charge in [-0.3, -0.25) is 9.69 Å². The van der Waals surface area contributed by atoms with Gasteiger partial charge in [0.2, 0.25) is 0 Å². The number of morpholine rings is 1. The number of amides is 2. The largest absolute Gasteiger partial charge is 0.465 e. The molecule has 0 radical (unpaired) electrons. The number of nitrogens with zero attached hydrogens (tertiary/aromatic N) is 3. The van der Waals surface area contributed by atoms with E-state index in [1.807, 2.05) is 5.38 Å². The molecular weight excluding hydrogens is 294 g/mol. The quantitative estimate of drug-likeness (QED) is 0.848. The Hall–Kier alpha value is -1.67. The molecule has 8 heteroatoms. The van der Waals surface area contributed by atoms with Crippen LogP contribution >= 0.6 is 11.3 Å². The van der Waals surface area contributed by atoms with Crippen molar-refractivity contribution < 1.29 is 19.4 Å². The zero-order valence-corrected chi connectivity index (χ0v) is 12.5. The number of likely N-dealkylation sites (tertiary alicyclic amines) is 1. The Bertz CT molecular complexity index is 540. The second kappa shape index (κ2) is 5.27. The maximum absolute atomic E-state index is 12.3. The van der Waals surface area contributed by atoms with Gasteiger partial charge in [0.1, 0.15) is 11.9 Å². The summed E-state index contributed by atoms with van der Waals surface area (Å²) in [6, 6.07) is 0. The summed E-state index contributed by atoms with van der Waals surface area (Å²) in [6.07, 6.45) is -0.243. The van der Waals surface area contributed by atoms with Gasteiger partial charge in [-0.2, -0.15) is 0 Å². The van der Waals surface area contributed by atoms with Gasteiger partial charge < -0.3 is 14.7 Å². The summed E-state index contributed by atoms with van der Waals surface area (Å²) in [6.45, 7) is 3.04. The van der Waals surface area contributed by atoms with Crippen LogP contribution in [-0.2, 0) is 9.53 Å². The molecule has 2 aliphatic rings. The number of hydrogen-bond acceptors (Lipinski definition) is 5. The third-order valence-electron chi connectivity index (χ3n) is 4.13. The monoisotopic (exact) mass is 311 g/mol. The minimum absolute atomic E-state index is 0.0906. The van der Waals surface area contributed by atoms with Crippen LogP contribution in [0.2, 0.25) is 0 Å². The third kappa shape index (κ3) is 2.60. The third-order valence-corrected chi connectivity index (χ3v) is 4.70. The average molecular weight is 311 g/mol. The lowest BCUT2D eigenvalue weighted by Crippen LogP contribution is -2.62. The highest BCUT2D eigenvalue weighted by Crippen LogP contribution is 2.34. The molecule has 3 rings (SSSR count). The van der Waals surface area contributed by atoms with Gasteiger partial charge in [0.05, 0.1) is 17.7 Å². The van der Waals surface area contributed by atoms with E-state index in [9.17, 15) is 9.59 Å². The molecule has 0 saturated carbocycles. The molecule has 2 aliphatic heterocycles. The van der Waals surface area contributed by atoms with E-state index in [0.717, 1.165) is 0 Å². The van der Waals surface area contributed by atoms with E-state index < -0.39 is 17.8 Å². The first-order chi connectivity index (χ1) is 10.0. The molecule has 1 aromatic heterocycles. The van der Waals surface area contributed by atoms with Crippen molar-refractivity contribution in [3.05, 3.63) is 10.9 Å². The molecule has 1 N–H and O–H groups in total. The highest BCUT2D eigenvalue weighted by Gasteiger charge is 2.46. The van der Waals surface area contributed by atoms with Crippen molar-refractivity contribution in [2.45, 2.75) is 31.5 Å². The number of anilines is 1. The molecule has 2 amide bonds. The fraction of sp³-hybridized carbons (Fsp3) is 0.615. The normalized spacial score (nSPS) is 25.4. The molecule has 1 spiro atoms. The molecule has 114 valence electrons. The maximum Gasteiger partial charge on any atom is 0.407 e. The number of carbonyl (C=O) groups is 2. The number of carbonyl (C=O) groups excluding carboxylic acids is 1. The molecule has 21 heavy (non-hydrogen) atoms. The van der Waals surface area contributed by atoms with Crippen LogP contribution in [0.3, 0.4) is 0 Å². The van der Waals surface area contributed by atoms with Crippen LogP contribution in [0, 0.1) is 0 Å². The van der Waals surface area contributed by atoms with Crippen LogP contribution < -0.4 is 4.90 Å². The molecule has 0 aliphatic carbocycles. The number of piperidine rings is 1. The highest BCUT2D eigenvalue weighted by molar-refractivity contribution is 7.07. The lowest BCUT2D eigenvalue weighted by Gasteiger charge is -2.48.